The number of ether oxygens (including phenoxy) is 3. The van der Waals surface area contributed by atoms with E-state index in [9.17, 15) is 0 Å². The second kappa shape index (κ2) is 10.4. The summed E-state index contributed by atoms with van der Waals surface area (Å²) in [5.74, 6) is 2.34. The Balaban J connectivity index is 1.05. The molecule has 4 heterocycles. The molecule has 2 saturated carbocycles. The first-order valence-corrected chi connectivity index (χ1v) is 16.3. The maximum atomic E-state index is 6.70. The van der Waals surface area contributed by atoms with Crippen LogP contribution in [-0.2, 0) is 22.4 Å². The fourth-order valence-electron chi connectivity index (χ4n) is 8.11. The highest BCUT2D eigenvalue weighted by molar-refractivity contribution is 9.10. The maximum Gasteiger partial charge on any atom is 0.163 e. The van der Waals surface area contributed by atoms with Crippen molar-refractivity contribution in [3.63, 3.8) is 0 Å². The number of hydrogen-bond donors (Lipinski definition) is 2. The van der Waals surface area contributed by atoms with Crippen LogP contribution < -0.4 is 15.8 Å². The summed E-state index contributed by atoms with van der Waals surface area (Å²) in [4.78, 5) is 13.8. The number of methoxy groups -OCH3 is 1. The molecule has 0 amide bonds. The molecule has 3 N–H and O–H groups in total. The van der Waals surface area contributed by atoms with Gasteiger partial charge in [-0.15, -0.1) is 0 Å². The number of nitrogens with zero attached hydrogens (tertiary/aromatic N) is 4. The number of benzene rings is 2. The Bertz CT molecular complexity index is 1930. The van der Waals surface area contributed by atoms with E-state index in [1.54, 1.807) is 13.4 Å². The predicted molar refractivity (Wildman–Crippen MR) is 178 cm³/mol. The zero-order valence-electron chi connectivity index (χ0n) is 25.8. The molecule has 0 spiro atoms. The molecule has 3 aromatic heterocycles. The monoisotopic (exact) mass is 668 g/mol. The second-order valence-corrected chi connectivity index (χ2v) is 14.2. The molecule has 2 aliphatic carbocycles. The van der Waals surface area contributed by atoms with Crippen molar-refractivity contribution in [2.45, 2.75) is 64.2 Å². The molecule has 6 atom stereocenters. The lowest BCUT2D eigenvalue weighted by Gasteiger charge is -2.29. The Morgan fingerprint density at radius 3 is 2.69 bits per heavy atom. The first-order chi connectivity index (χ1) is 21.7. The molecular weight excluding hydrogens is 632 g/mol. The largest absolute Gasteiger partial charge is 0.497 e. The quantitative estimate of drug-likeness (QED) is 0.184. The molecule has 1 aliphatic heterocycles. The van der Waals surface area contributed by atoms with Crippen LogP contribution in [0.1, 0.15) is 44.4 Å². The van der Waals surface area contributed by atoms with E-state index in [-0.39, 0.29) is 23.7 Å². The number of nitrogens with two attached hydrogens (primary N) is 1. The highest BCUT2D eigenvalue weighted by Crippen LogP contribution is 2.74. The van der Waals surface area contributed by atoms with Crippen LogP contribution in [0.5, 0.6) is 5.75 Å². The first-order valence-electron chi connectivity index (χ1n) is 15.6. The van der Waals surface area contributed by atoms with E-state index in [4.69, 9.17) is 24.9 Å². The van der Waals surface area contributed by atoms with Crippen molar-refractivity contribution < 1.29 is 14.2 Å². The molecule has 0 radical (unpaired) electrons. The third-order valence-electron chi connectivity index (χ3n) is 10.3. The van der Waals surface area contributed by atoms with Crippen LogP contribution in [0.3, 0.4) is 0 Å². The number of anilines is 2. The lowest BCUT2D eigenvalue weighted by Crippen LogP contribution is -2.35. The molecule has 10 heteroatoms. The van der Waals surface area contributed by atoms with Crippen LogP contribution in [0, 0.1) is 17.3 Å². The van der Waals surface area contributed by atoms with Crippen molar-refractivity contribution >= 4 is 49.5 Å². The first kappa shape index (κ1) is 28.7. The summed E-state index contributed by atoms with van der Waals surface area (Å²) in [6.07, 6.45) is 5.63. The molecule has 232 valence electrons. The van der Waals surface area contributed by atoms with Gasteiger partial charge >= 0.3 is 0 Å². The van der Waals surface area contributed by atoms with E-state index in [0.29, 0.717) is 24.2 Å². The van der Waals surface area contributed by atoms with Crippen LogP contribution in [-0.4, -0.2) is 44.6 Å². The Morgan fingerprint density at radius 2 is 1.89 bits per heavy atom. The van der Waals surface area contributed by atoms with Crippen molar-refractivity contribution in [3.05, 3.63) is 82.7 Å². The molecule has 45 heavy (non-hydrogen) atoms. The number of hydrogen-bond acceptors (Lipinski definition) is 8. The predicted octanol–water partition coefficient (Wildman–Crippen LogP) is 6.90. The highest BCUT2D eigenvalue weighted by Gasteiger charge is 2.77. The number of nitrogens with one attached hydrogen (secondary N) is 1. The van der Waals surface area contributed by atoms with Crippen LogP contribution in [0.2, 0.25) is 0 Å². The molecule has 1 unspecified atom stereocenters. The van der Waals surface area contributed by atoms with E-state index < -0.39 is 5.79 Å². The fourth-order valence-corrected chi connectivity index (χ4v) is 8.59. The van der Waals surface area contributed by atoms with Gasteiger partial charge in [0.1, 0.15) is 35.5 Å². The van der Waals surface area contributed by atoms with Crippen molar-refractivity contribution in [2.75, 3.05) is 18.2 Å². The van der Waals surface area contributed by atoms with Crippen LogP contribution in [0.4, 0.5) is 11.6 Å². The summed E-state index contributed by atoms with van der Waals surface area (Å²) in [5, 5.41) is 5.48. The topological polar surface area (TPSA) is 109 Å². The number of nitrogen functional groups attached to an aromatic ring is 1. The van der Waals surface area contributed by atoms with Gasteiger partial charge in [0.05, 0.1) is 34.6 Å². The zero-order valence-corrected chi connectivity index (χ0v) is 27.4. The van der Waals surface area contributed by atoms with E-state index >= 15 is 0 Å². The third-order valence-corrected chi connectivity index (χ3v) is 10.9. The van der Waals surface area contributed by atoms with Gasteiger partial charge in [0, 0.05) is 23.5 Å². The summed E-state index contributed by atoms with van der Waals surface area (Å²) in [6.45, 7) is 7.10. The SMILES string of the molecule is COc1ccc(CNc2nc3cc(CC(C)[C@@]45C[C@@H]4[C@@H](n4ccc6c(N)ncnc64)[C@@H]4OC(C)(C)O[C@@H]45)ccc3cc2Br)cc1. The average Bonchev–Trinajstić information content (AvgIpc) is 3.32. The van der Waals surface area contributed by atoms with Gasteiger partial charge in [0.2, 0.25) is 0 Å². The Labute approximate surface area is 270 Å². The number of rotatable bonds is 8. The second-order valence-electron chi connectivity index (χ2n) is 13.3. The third kappa shape index (κ3) is 4.68. The number of halogens is 1. The maximum absolute atomic E-state index is 6.70. The standard InChI is InChI=1S/C35H37BrN6O3/c1-19(13-21-5-8-22-15-26(36)32(41-27(22)14-21)38-17-20-6-9-23(43-4)10-7-20)35-16-25(35)28(29-30(35)45-34(2,3)44-29)42-12-11-24-31(37)39-18-40-33(24)42/h5-12,14-15,18-19,25,28-30H,13,16-17H2,1-4H3,(H,38,41)(H2,37,39,40)/t19?,25-,28-,29+,30+,35+/m1/s1. The summed E-state index contributed by atoms with van der Waals surface area (Å²) in [5.41, 5.74) is 10.5. The molecule has 1 saturated heterocycles. The van der Waals surface area contributed by atoms with Gasteiger partial charge in [-0.3, -0.25) is 0 Å². The minimum absolute atomic E-state index is 0.0115. The van der Waals surface area contributed by atoms with Crippen molar-refractivity contribution in [1.82, 2.24) is 19.5 Å². The van der Waals surface area contributed by atoms with Crippen LogP contribution >= 0.6 is 15.9 Å². The smallest absolute Gasteiger partial charge is 0.163 e. The number of aromatic nitrogens is 4. The van der Waals surface area contributed by atoms with E-state index in [0.717, 1.165) is 56.4 Å². The molecule has 9 nitrogen and oxygen atoms in total. The Hall–Kier alpha value is -3.73. The Morgan fingerprint density at radius 1 is 1.09 bits per heavy atom. The summed E-state index contributed by atoms with van der Waals surface area (Å²) >= 11 is 3.72. The van der Waals surface area contributed by atoms with Gasteiger partial charge in [-0.2, -0.15) is 0 Å². The molecular formula is C35H37BrN6O3. The van der Waals surface area contributed by atoms with Crippen molar-refractivity contribution in [1.29, 1.82) is 0 Å². The van der Waals surface area contributed by atoms with E-state index in [1.165, 1.54) is 5.56 Å². The molecule has 8 rings (SSSR count). The fraction of sp³-hybridized carbons (Fsp3) is 0.400. The van der Waals surface area contributed by atoms with Crippen LogP contribution in [0.25, 0.3) is 21.9 Å². The lowest BCUT2D eigenvalue weighted by molar-refractivity contribution is -0.163. The molecule has 0 bridgehead atoms. The molecule has 3 fully saturated rings. The summed E-state index contributed by atoms with van der Waals surface area (Å²) in [7, 11) is 1.68. The van der Waals surface area contributed by atoms with Gasteiger partial charge < -0.3 is 29.8 Å². The Kier molecular flexibility index (Phi) is 6.64. The van der Waals surface area contributed by atoms with Gasteiger partial charge in [-0.1, -0.05) is 31.2 Å². The molecule has 5 aromatic rings. The van der Waals surface area contributed by atoms with E-state index in [2.05, 4.69) is 85.3 Å². The van der Waals surface area contributed by atoms with Gasteiger partial charge in [0.25, 0.3) is 0 Å². The van der Waals surface area contributed by atoms with Crippen molar-refractivity contribution in [3.8, 4) is 5.75 Å². The average molecular weight is 670 g/mol. The molecule has 3 aliphatic rings. The number of pyridine rings is 1. The van der Waals surface area contributed by atoms with Gasteiger partial charge in [-0.05, 0) is 95.9 Å². The highest BCUT2D eigenvalue weighted by atomic mass is 79.9. The van der Waals surface area contributed by atoms with Gasteiger partial charge in [0.15, 0.2) is 5.79 Å². The van der Waals surface area contributed by atoms with E-state index in [1.807, 2.05) is 32.0 Å². The van der Waals surface area contributed by atoms with Crippen molar-refractivity contribution in [2.24, 2.45) is 17.3 Å². The minimum atomic E-state index is -0.639. The van der Waals surface area contributed by atoms with Crippen LogP contribution in [0.15, 0.2) is 71.6 Å². The normalized spacial score (nSPS) is 27.0. The van der Waals surface area contributed by atoms with Gasteiger partial charge in [-0.25, -0.2) is 15.0 Å². The number of fused-ring (bicyclic) bond motifs is 5. The zero-order chi connectivity index (χ0) is 31.1. The lowest BCUT2D eigenvalue weighted by atomic mass is 9.81. The minimum Gasteiger partial charge on any atom is -0.497 e. The summed E-state index contributed by atoms with van der Waals surface area (Å²) < 4.78 is 21.8. The summed E-state index contributed by atoms with van der Waals surface area (Å²) in [6, 6.07) is 19.0. The molecule has 2 aromatic carbocycles.